The molecule has 0 aromatic carbocycles. The van der Waals surface area contributed by atoms with Gasteiger partial charge in [-0.05, 0) is 31.8 Å². The van der Waals surface area contributed by atoms with Gasteiger partial charge in [0.1, 0.15) is 12.4 Å². The molecule has 2 unspecified atom stereocenters. The van der Waals surface area contributed by atoms with E-state index in [0.717, 1.165) is 6.54 Å². The standard InChI is InChI=1S/C13H21N5O3/c19-12(8-17-7-11(5-15-17)18(20)21)6-14-13-9-16-3-1-10(13)2-4-16/h5,7,10,12-14,19H,1-4,6,8-9H2. The predicted octanol–water partition coefficient (Wildman–Crippen LogP) is -0.164. The summed E-state index contributed by atoms with van der Waals surface area (Å²) >= 11 is 0. The largest absolute Gasteiger partial charge is 0.390 e. The lowest BCUT2D eigenvalue weighted by Crippen LogP contribution is -2.57. The Labute approximate surface area is 122 Å². The summed E-state index contributed by atoms with van der Waals surface area (Å²) < 4.78 is 1.42. The first kappa shape index (κ1) is 14.4. The molecule has 116 valence electrons. The quantitative estimate of drug-likeness (QED) is 0.559. The molecule has 8 nitrogen and oxygen atoms in total. The number of aromatic nitrogens is 2. The zero-order valence-corrected chi connectivity index (χ0v) is 11.9. The van der Waals surface area contributed by atoms with Crippen molar-refractivity contribution in [2.24, 2.45) is 5.92 Å². The van der Waals surface area contributed by atoms with Crippen LogP contribution < -0.4 is 5.32 Å². The molecule has 1 aromatic rings. The fourth-order valence-electron chi connectivity index (χ4n) is 3.31. The predicted molar refractivity (Wildman–Crippen MR) is 75.8 cm³/mol. The Morgan fingerprint density at radius 2 is 2.29 bits per heavy atom. The molecule has 2 atom stereocenters. The fraction of sp³-hybridized carbons (Fsp3) is 0.769. The number of nitrogens with zero attached hydrogens (tertiary/aromatic N) is 4. The number of hydrogen-bond acceptors (Lipinski definition) is 6. The molecule has 1 aromatic heterocycles. The van der Waals surface area contributed by atoms with Gasteiger partial charge in [-0.2, -0.15) is 5.10 Å². The van der Waals surface area contributed by atoms with Gasteiger partial charge in [0.15, 0.2) is 0 Å². The maximum atomic E-state index is 10.6. The number of fused-ring (bicyclic) bond motifs is 3. The second kappa shape index (κ2) is 6.08. The van der Waals surface area contributed by atoms with Crippen LogP contribution in [0.25, 0.3) is 0 Å². The number of nitro groups is 1. The number of nitrogens with one attached hydrogen (secondary N) is 1. The minimum absolute atomic E-state index is 0.0486. The van der Waals surface area contributed by atoms with E-state index in [0.29, 0.717) is 18.5 Å². The fourth-order valence-corrected chi connectivity index (χ4v) is 3.31. The van der Waals surface area contributed by atoms with Crippen LogP contribution in [-0.4, -0.2) is 63.0 Å². The number of aliphatic hydroxyl groups is 1. The average molecular weight is 295 g/mol. The molecule has 3 fully saturated rings. The van der Waals surface area contributed by atoms with Crippen LogP contribution in [0.2, 0.25) is 0 Å². The van der Waals surface area contributed by atoms with Gasteiger partial charge in [0.05, 0.1) is 17.6 Å². The molecule has 0 saturated carbocycles. The van der Waals surface area contributed by atoms with E-state index in [2.05, 4.69) is 15.3 Å². The monoisotopic (exact) mass is 295 g/mol. The normalized spacial score (nSPS) is 29.5. The zero-order chi connectivity index (χ0) is 14.8. The van der Waals surface area contributed by atoms with Crippen molar-refractivity contribution in [1.82, 2.24) is 20.0 Å². The van der Waals surface area contributed by atoms with Crippen molar-refractivity contribution in [1.29, 1.82) is 0 Å². The molecule has 4 rings (SSSR count). The molecule has 0 radical (unpaired) electrons. The molecule has 3 saturated heterocycles. The Balaban J connectivity index is 1.45. The molecule has 2 bridgehead atoms. The van der Waals surface area contributed by atoms with Crippen LogP contribution >= 0.6 is 0 Å². The summed E-state index contributed by atoms with van der Waals surface area (Å²) in [6.07, 6.45) is 4.42. The number of hydrogen-bond donors (Lipinski definition) is 2. The third-order valence-electron chi connectivity index (χ3n) is 4.50. The smallest absolute Gasteiger partial charge is 0.306 e. The van der Waals surface area contributed by atoms with Crippen LogP contribution in [-0.2, 0) is 6.54 Å². The van der Waals surface area contributed by atoms with E-state index in [1.54, 1.807) is 0 Å². The van der Waals surface area contributed by atoms with Crippen molar-refractivity contribution in [2.45, 2.75) is 31.5 Å². The van der Waals surface area contributed by atoms with Crippen molar-refractivity contribution >= 4 is 5.69 Å². The van der Waals surface area contributed by atoms with Crippen molar-refractivity contribution in [2.75, 3.05) is 26.2 Å². The third kappa shape index (κ3) is 3.39. The van der Waals surface area contributed by atoms with E-state index in [1.807, 2.05) is 0 Å². The highest BCUT2D eigenvalue weighted by Gasteiger charge is 2.33. The van der Waals surface area contributed by atoms with Crippen molar-refractivity contribution in [3.63, 3.8) is 0 Å². The van der Waals surface area contributed by atoms with Crippen LogP contribution in [0.15, 0.2) is 12.4 Å². The van der Waals surface area contributed by atoms with E-state index in [-0.39, 0.29) is 12.2 Å². The first-order valence-corrected chi connectivity index (χ1v) is 7.42. The van der Waals surface area contributed by atoms with Crippen molar-refractivity contribution in [3.8, 4) is 0 Å². The van der Waals surface area contributed by atoms with Gasteiger partial charge in [-0.15, -0.1) is 0 Å². The van der Waals surface area contributed by atoms with Gasteiger partial charge in [-0.25, -0.2) is 0 Å². The Morgan fingerprint density at radius 3 is 2.86 bits per heavy atom. The van der Waals surface area contributed by atoms with Gasteiger partial charge in [-0.1, -0.05) is 0 Å². The molecular formula is C13H21N5O3. The second-order valence-electron chi connectivity index (χ2n) is 5.98. The van der Waals surface area contributed by atoms with Gasteiger partial charge < -0.3 is 15.3 Å². The summed E-state index contributed by atoms with van der Waals surface area (Å²) in [4.78, 5) is 12.6. The van der Waals surface area contributed by atoms with Crippen molar-refractivity contribution < 1.29 is 10.0 Å². The Morgan fingerprint density at radius 1 is 1.52 bits per heavy atom. The molecule has 4 heterocycles. The molecule has 21 heavy (non-hydrogen) atoms. The summed E-state index contributed by atoms with van der Waals surface area (Å²) in [6.45, 7) is 4.21. The maximum absolute atomic E-state index is 10.6. The third-order valence-corrected chi connectivity index (χ3v) is 4.50. The maximum Gasteiger partial charge on any atom is 0.306 e. The Kier molecular flexibility index (Phi) is 4.18. The topological polar surface area (TPSA) is 96.5 Å². The minimum Gasteiger partial charge on any atom is -0.390 e. The molecule has 0 amide bonds. The van der Waals surface area contributed by atoms with Crippen LogP contribution in [0.4, 0.5) is 5.69 Å². The van der Waals surface area contributed by atoms with Gasteiger partial charge in [0.25, 0.3) is 0 Å². The van der Waals surface area contributed by atoms with E-state index in [4.69, 9.17) is 0 Å². The van der Waals surface area contributed by atoms with Gasteiger partial charge >= 0.3 is 5.69 Å². The molecule has 8 heteroatoms. The summed E-state index contributed by atoms with van der Waals surface area (Å²) in [5.41, 5.74) is -0.0486. The second-order valence-corrected chi connectivity index (χ2v) is 5.98. The Bertz CT molecular complexity index is 498. The lowest BCUT2D eigenvalue weighted by molar-refractivity contribution is -0.385. The van der Waals surface area contributed by atoms with Gasteiger partial charge in [-0.3, -0.25) is 14.8 Å². The molecule has 2 N–H and O–H groups in total. The van der Waals surface area contributed by atoms with Crippen LogP contribution in [0.5, 0.6) is 0 Å². The highest BCUT2D eigenvalue weighted by molar-refractivity contribution is 5.20. The van der Waals surface area contributed by atoms with E-state index >= 15 is 0 Å². The highest BCUT2D eigenvalue weighted by Crippen LogP contribution is 2.27. The molecule has 3 aliphatic heterocycles. The van der Waals surface area contributed by atoms with E-state index in [1.165, 1.54) is 43.0 Å². The highest BCUT2D eigenvalue weighted by atomic mass is 16.6. The van der Waals surface area contributed by atoms with E-state index in [9.17, 15) is 15.2 Å². The van der Waals surface area contributed by atoms with Crippen LogP contribution in [0, 0.1) is 16.0 Å². The minimum atomic E-state index is -0.597. The summed E-state index contributed by atoms with van der Waals surface area (Å²) in [5.74, 6) is 0.716. The van der Waals surface area contributed by atoms with E-state index < -0.39 is 11.0 Å². The number of piperidine rings is 3. The SMILES string of the molecule is O=[N+]([O-])c1cnn(CC(O)CNC2CN3CCC2CC3)c1. The summed E-state index contributed by atoms with van der Waals surface area (Å²) in [5, 5.41) is 27.9. The summed E-state index contributed by atoms with van der Waals surface area (Å²) in [7, 11) is 0. The lowest BCUT2D eigenvalue weighted by atomic mass is 9.84. The van der Waals surface area contributed by atoms with Crippen molar-refractivity contribution in [3.05, 3.63) is 22.5 Å². The lowest BCUT2D eigenvalue weighted by Gasteiger charge is -2.45. The Hall–Kier alpha value is -1.51. The molecule has 0 aliphatic carbocycles. The number of aliphatic hydroxyl groups excluding tert-OH is 1. The van der Waals surface area contributed by atoms with Gasteiger partial charge in [0.2, 0.25) is 0 Å². The zero-order valence-electron chi connectivity index (χ0n) is 11.9. The average Bonchev–Trinajstić information content (AvgIpc) is 2.95. The molecular weight excluding hydrogens is 274 g/mol. The van der Waals surface area contributed by atoms with Gasteiger partial charge in [0, 0.05) is 19.1 Å². The summed E-state index contributed by atoms with van der Waals surface area (Å²) in [6, 6.07) is 0.453. The number of rotatable bonds is 6. The van der Waals surface area contributed by atoms with Crippen LogP contribution in [0.3, 0.4) is 0 Å². The van der Waals surface area contributed by atoms with Crippen LogP contribution in [0.1, 0.15) is 12.8 Å². The molecule has 3 aliphatic rings. The first-order chi connectivity index (χ1) is 10.1. The first-order valence-electron chi connectivity index (χ1n) is 7.42. The molecule has 0 spiro atoms.